The van der Waals surface area contributed by atoms with Gasteiger partial charge in [0.15, 0.2) is 6.10 Å². The number of morpholine rings is 1. The molecule has 2 aromatic rings. The molecule has 120 valence electrons. The molecule has 1 aliphatic heterocycles. The Labute approximate surface area is 136 Å². The maximum absolute atomic E-state index is 6.46. The van der Waals surface area contributed by atoms with Gasteiger partial charge in [0.2, 0.25) is 0 Å². The summed E-state index contributed by atoms with van der Waals surface area (Å²) in [6.07, 6.45) is 5.09. The SMILES string of the molecule is c1ccc(C(Oc2cccc3c2CCC3)[C@@H]2CNCCO2)nc1. The van der Waals surface area contributed by atoms with Gasteiger partial charge in [-0.3, -0.25) is 4.98 Å². The van der Waals surface area contributed by atoms with Crippen molar-refractivity contribution in [3.05, 3.63) is 59.4 Å². The third-order valence-corrected chi connectivity index (χ3v) is 4.63. The van der Waals surface area contributed by atoms with Crippen molar-refractivity contribution in [2.24, 2.45) is 0 Å². The second kappa shape index (κ2) is 6.69. The van der Waals surface area contributed by atoms with Crippen LogP contribution in [-0.2, 0) is 17.6 Å². The number of aromatic nitrogens is 1. The molecule has 4 rings (SSSR count). The Morgan fingerprint density at radius 3 is 3.00 bits per heavy atom. The molecule has 1 fully saturated rings. The minimum atomic E-state index is -0.184. The van der Waals surface area contributed by atoms with Gasteiger partial charge in [-0.25, -0.2) is 0 Å². The van der Waals surface area contributed by atoms with Crippen molar-refractivity contribution in [1.82, 2.24) is 10.3 Å². The first-order valence-electron chi connectivity index (χ1n) is 8.42. The lowest BCUT2D eigenvalue weighted by atomic mass is 10.1. The highest BCUT2D eigenvalue weighted by Crippen LogP contribution is 2.34. The second-order valence-corrected chi connectivity index (χ2v) is 6.15. The molecule has 1 N–H and O–H groups in total. The van der Waals surface area contributed by atoms with Crippen LogP contribution in [0.25, 0.3) is 0 Å². The number of hydrogen-bond donors (Lipinski definition) is 1. The largest absolute Gasteiger partial charge is 0.481 e. The van der Waals surface area contributed by atoms with Gasteiger partial charge in [0.1, 0.15) is 11.9 Å². The Morgan fingerprint density at radius 1 is 1.17 bits per heavy atom. The minimum Gasteiger partial charge on any atom is -0.481 e. The highest BCUT2D eigenvalue weighted by Gasteiger charge is 2.30. The van der Waals surface area contributed by atoms with Crippen LogP contribution in [0.15, 0.2) is 42.6 Å². The second-order valence-electron chi connectivity index (χ2n) is 6.15. The summed E-state index contributed by atoms with van der Waals surface area (Å²) in [5.41, 5.74) is 3.71. The molecule has 4 nitrogen and oxygen atoms in total. The molecular formula is C19H22N2O2. The number of hydrogen-bond acceptors (Lipinski definition) is 4. The van der Waals surface area contributed by atoms with Crippen molar-refractivity contribution < 1.29 is 9.47 Å². The molecule has 0 saturated carbocycles. The topological polar surface area (TPSA) is 43.4 Å². The summed E-state index contributed by atoms with van der Waals surface area (Å²) in [5.74, 6) is 0.991. The average Bonchev–Trinajstić information content (AvgIpc) is 3.11. The molecule has 1 aromatic carbocycles. The molecule has 1 saturated heterocycles. The average molecular weight is 310 g/mol. The Morgan fingerprint density at radius 2 is 2.17 bits per heavy atom. The quantitative estimate of drug-likeness (QED) is 0.943. The van der Waals surface area contributed by atoms with Gasteiger partial charge < -0.3 is 14.8 Å². The van der Waals surface area contributed by atoms with Crippen LogP contribution in [0.1, 0.15) is 29.3 Å². The summed E-state index contributed by atoms with van der Waals surface area (Å²) < 4.78 is 12.4. The van der Waals surface area contributed by atoms with Crippen molar-refractivity contribution in [1.29, 1.82) is 0 Å². The van der Waals surface area contributed by atoms with Gasteiger partial charge >= 0.3 is 0 Å². The maximum Gasteiger partial charge on any atom is 0.168 e. The van der Waals surface area contributed by atoms with E-state index in [0.29, 0.717) is 6.61 Å². The Kier molecular flexibility index (Phi) is 4.26. The predicted octanol–water partition coefficient (Wildman–Crippen LogP) is 2.68. The minimum absolute atomic E-state index is 0.0177. The number of pyridine rings is 1. The van der Waals surface area contributed by atoms with Crippen molar-refractivity contribution in [3.8, 4) is 5.75 Å². The number of rotatable bonds is 4. The first kappa shape index (κ1) is 14.7. The fourth-order valence-corrected chi connectivity index (χ4v) is 3.48. The highest BCUT2D eigenvalue weighted by atomic mass is 16.5. The van der Waals surface area contributed by atoms with Gasteiger partial charge in [0.05, 0.1) is 12.3 Å². The summed E-state index contributed by atoms with van der Waals surface area (Å²) in [5, 5.41) is 3.39. The Hall–Kier alpha value is -1.91. The zero-order chi connectivity index (χ0) is 15.5. The molecule has 0 bridgehead atoms. The summed E-state index contributed by atoms with van der Waals surface area (Å²) in [6.45, 7) is 2.40. The lowest BCUT2D eigenvalue weighted by Gasteiger charge is -2.31. The van der Waals surface area contributed by atoms with E-state index in [9.17, 15) is 0 Å². The van der Waals surface area contributed by atoms with Crippen LogP contribution >= 0.6 is 0 Å². The summed E-state index contributed by atoms with van der Waals surface area (Å²) in [7, 11) is 0. The molecule has 0 spiro atoms. The standard InChI is InChI=1S/C19H22N2O2/c1-2-10-21-16(8-1)19(18-13-20-11-12-22-18)23-17-9-4-6-14-5-3-7-15(14)17/h1-2,4,6,8-10,18-20H,3,5,7,11-13H2/t18-,19?/m0/s1. The molecule has 1 unspecified atom stereocenters. The molecule has 4 heteroatoms. The number of benzene rings is 1. The van der Waals surface area contributed by atoms with Gasteiger partial charge in [-0.1, -0.05) is 18.2 Å². The van der Waals surface area contributed by atoms with Gasteiger partial charge in [-0.15, -0.1) is 0 Å². The fourth-order valence-electron chi connectivity index (χ4n) is 3.48. The first-order valence-corrected chi connectivity index (χ1v) is 8.42. The van der Waals surface area contributed by atoms with E-state index in [2.05, 4.69) is 28.5 Å². The number of nitrogens with zero attached hydrogens (tertiary/aromatic N) is 1. The van der Waals surface area contributed by atoms with Crippen LogP contribution in [0, 0.1) is 0 Å². The van der Waals surface area contributed by atoms with E-state index in [1.54, 1.807) is 0 Å². The van der Waals surface area contributed by atoms with Crippen LogP contribution in [0.3, 0.4) is 0 Å². The van der Waals surface area contributed by atoms with E-state index in [1.165, 1.54) is 17.5 Å². The van der Waals surface area contributed by atoms with Crippen LogP contribution in [0.5, 0.6) is 5.75 Å². The number of fused-ring (bicyclic) bond motifs is 1. The fraction of sp³-hybridized carbons (Fsp3) is 0.421. The van der Waals surface area contributed by atoms with Crippen molar-refractivity contribution in [3.63, 3.8) is 0 Å². The van der Waals surface area contributed by atoms with Gasteiger partial charge in [-0.05, 0) is 48.6 Å². The first-order chi connectivity index (χ1) is 11.4. The Balaban J connectivity index is 1.64. The third kappa shape index (κ3) is 3.09. The lowest BCUT2D eigenvalue weighted by molar-refractivity contribution is -0.0449. The zero-order valence-electron chi connectivity index (χ0n) is 13.2. The van der Waals surface area contributed by atoms with E-state index < -0.39 is 0 Å². The summed E-state index contributed by atoms with van der Waals surface area (Å²) in [6, 6.07) is 12.3. The third-order valence-electron chi connectivity index (χ3n) is 4.63. The molecule has 1 aromatic heterocycles. The number of aryl methyl sites for hydroxylation is 1. The normalized spacial score (nSPS) is 21.7. The van der Waals surface area contributed by atoms with E-state index in [1.807, 2.05) is 24.4 Å². The van der Waals surface area contributed by atoms with Gasteiger partial charge in [-0.2, -0.15) is 0 Å². The van der Waals surface area contributed by atoms with Crippen molar-refractivity contribution >= 4 is 0 Å². The number of nitrogens with one attached hydrogen (secondary N) is 1. The lowest BCUT2D eigenvalue weighted by Crippen LogP contribution is -2.43. The van der Waals surface area contributed by atoms with Gasteiger partial charge in [0, 0.05) is 19.3 Å². The molecule has 2 atom stereocenters. The van der Waals surface area contributed by atoms with Crippen molar-refractivity contribution in [2.45, 2.75) is 31.5 Å². The molecule has 0 radical (unpaired) electrons. The van der Waals surface area contributed by atoms with Gasteiger partial charge in [0.25, 0.3) is 0 Å². The van der Waals surface area contributed by atoms with E-state index in [0.717, 1.165) is 37.4 Å². The van der Waals surface area contributed by atoms with E-state index in [4.69, 9.17) is 9.47 Å². The van der Waals surface area contributed by atoms with Crippen molar-refractivity contribution in [2.75, 3.05) is 19.7 Å². The Bertz CT molecular complexity index is 654. The summed E-state index contributed by atoms with van der Waals surface area (Å²) >= 11 is 0. The van der Waals surface area contributed by atoms with Crippen LogP contribution in [0.4, 0.5) is 0 Å². The molecule has 0 amide bonds. The maximum atomic E-state index is 6.46. The number of ether oxygens (including phenoxy) is 2. The smallest absolute Gasteiger partial charge is 0.168 e. The monoisotopic (exact) mass is 310 g/mol. The van der Waals surface area contributed by atoms with E-state index >= 15 is 0 Å². The molecule has 2 aliphatic rings. The molecule has 2 heterocycles. The zero-order valence-corrected chi connectivity index (χ0v) is 13.2. The molecular weight excluding hydrogens is 288 g/mol. The highest BCUT2D eigenvalue weighted by molar-refractivity contribution is 5.43. The van der Waals surface area contributed by atoms with Crippen LogP contribution in [-0.4, -0.2) is 30.8 Å². The van der Waals surface area contributed by atoms with E-state index in [-0.39, 0.29) is 12.2 Å². The predicted molar refractivity (Wildman–Crippen MR) is 88.7 cm³/mol. The molecule has 23 heavy (non-hydrogen) atoms. The van der Waals surface area contributed by atoms with Crippen LogP contribution in [0.2, 0.25) is 0 Å². The van der Waals surface area contributed by atoms with Crippen LogP contribution < -0.4 is 10.1 Å². The molecule has 1 aliphatic carbocycles. The summed E-state index contributed by atoms with van der Waals surface area (Å²) in [4.78, 5) is 4.51.